The number of halogens is 4. The lowest BCUT2D eigenvalue weighted by Gasteiger charge is -2.15. The Balaban J connectivity index is 1.53. The molecule has 4 heterocycles. The van der Waals surface area contributed by atoms with Crippen LogP contribution in [0, 0.1) is 0 Å². The summed E-state index contributed by atoms with van der Waals surface area (Å²) in [6.45, 7) is 3.06. The summed E-state index contributed by atoms with van der Waals surface area (Å²) >= 11 is 0. The molecule has 0 aromatic carbocycles. The zero-order chi connectivity index (χ0) is 24.5. The van der Waals surface area contributed by atoms with Gasteiger partial charge < -0.3 is 9.73 Å². The Hall–Kier alpha value is -4.09. The van der Waals surface area contributed by atoms with Gasteiger partial charge in [0.25, 0.3) is 0 Å². The molecule has 0 aliphatic heterocycles. The topological polar surface area (TPSA) is 98.7 Å². The van der Waals surface area contributed by atoms with Gasteiger partial charge in [0.2, 0.25) is 5.95 Å². The van der Waals surface area contributed by atoms with Gasteiger partial charge >= 0.3 is 11.9 Å². The average Bonchev–Trinajstić information content (AvgIpc) is 3.20. The van der Waals surface area contributed by atoms with Crippen LogP contribution < -0.4 is 11.1 Å². The highest BCUT2D eigenvalue weighted by Crippen LogP contribution is 2.30. The Kier molecular flexibility index (Phi) is 6.14. The lowest BCUT2D eigenvalue weighted by molar-refractivity contribution is -0.141. The third-order valence-corrected chi connectivity index (χ3v) is 4.96. The van der Waals surface area contributed by atoms with Gasteiger partial charge in [-0.25, -0.2) is 18.7 Å². The second kappa shape index (κ2) is 9.04. The molecule has 0 radical (unpaired) electrons. The van der Waals surface area contributed by atoms with Crippen molar-refractivity contribution < 1.29 is 22.0 Å². The van der Waals surface area contributed by atoms with E-state index in [1.807, 2.05) is 0 Å². The Morgan fingerprint density at radius 1 is 1.03 bits per heavy atom. The Bertz CT molecular complexity index is 1350. The number of anilines is 1. The standard InChI is InChI=1S/C22H18F4N6O2/c1-12(23)17-11-34-21(33)32(17)19-6-8-28-20(31-19)30-13(2)16-4-3-15(10-29-16)14-5-7-27-18(9-14)22(24,25)26/h3-13H,1-2H3,(H,28,30,31)/t12-,13-/m0/s1. The molecule has 0 aliphatic rings. The van der Waals surface area contributed by atoms with Crippen molar-refractivity contribution >= 4 is 5.95 Å². The molecule has 4 aromatic heterocycles. The van der Waals surface area contributed by atoms with E-state index in [-0.39, 0.29) is 17.5 Å². The van der Waals surface area contributed by atoms with E-state index in [1.165, 1.54) is 31.5 Å². The second-order valence-corrected chi connectivity index (χ2v) is 7.38. The van der Waals surface area contributed by atoms with Crippen molar-refractivity contribution in [2.45, 2.75) is 32.2 Å². The highest BCUT2D eigenvalue weighted by Gasteiger charge is 2.32. The largest absolute Gasteiger partial charge is 0.433 e. The zero-order valence-electron chi connectivity index (χ0n) is 17.9. The van der Waals surface area contributed by atoms with Crippen molar-refractivity contribution in [1.82, 2.24) is 24.5 Å². The monoisotopic (exact) mass is 474 g/mol. The molecule has 2 atom stereocenters. The van der Waals surface area contributed by atoms with E-state index in [9.17, 15) is 22.4 Å². The van der Waals surface area contributed by atoms with Crippen molar-refractivity contribution in [3.05, 3.63) is 82.8 Å². The van der Waals surface area contributed by atoms with E-state index >= 15 is 0 Å². The molecule has 12 heteroatoms. The van der Waals surface area contributed by atoms with E-state index < -0.39 is 29.8 Å². The first-order valence-corrected chi connectivity index (χ1v) is 10.1. The van der Waals surface area contributed by atoms with E-state index in [0.717, 1.165) is 23.1 Å². The van der Waals surface area contributed by atoms with Gasteiger partial charge in [-0.05, 0) is 37.6 Å². The van der Waals surface area contributed by atoms with Crippen molar-refractivity contribution in [2.75, 3.05) is 5.32 Å². The fraction of sp³-hybridized carbons (Fsp3) is 0.227. The quantitative estimate of drug-likeness (QED) is 0.397. The van der Waals surface area contributed by atoms with Gasteiger partial charge in [-0.3, -0.25) is 9.97 Å². The van der Waals surface area contributed by atoms with Crippen LogP contribution >= 0.6 is 0 Å². The smallest absolute Gasteiger partial charge is 0.416 e. The second-order valence-electron chi connectivity index (χ2n) is 7.38. The highest BCUT2D eigenvalue weighted by molar-refractivity contribution is 5.62. The fourth-order valence-electron chi connectivity index (χ4n) is 3.23. The molecule has 0 unspecified atom stereocenters. The first-order valence-electron chi connectivity index (χ1n) is 10.1. The summed E-state index contributed by atoms with van der Waals surface area (Å²) in [6.07, 6.45) is -0.993. The number of nitrogens with one attached hydrogen (secondary N) is 1. The summed E-state index contributed by atoms with van der Waals surface area (Å²) in [7, 11) is 0. The summed E-state index contributed by atoms with van der Waals surface area (Å²) in [6, 6.07) is 6.78. The minimum absolute atomic E-state index is 0.0183. The van der Waals surface area contributed by atoms with Crippen LogP contribution in [-0.2, 0) is 6.18 Å². The van der Waals surface area contributed by atoms with Crippen LogP contribution in [0.2, 0.25) is 0 Å². The van der Waals surface area contributed by atoms with Crippen LogP contribution in [-0.4, -0.2) is 24.5 Å². The predicted molar refractivity (Wildman–Crippen MR) is 114 cm³/mol. The first kappa shape index (κ1) is 23.1. The zero-order valence-corrected chi connectivity index (χ0v) is 17.9. The molecule has 0 saturated carbocycles. The number of hydrogen-bond donors (Lipinski definition) is 1. The van der Waals surface area contributed by atoms with E-state index in [0.29, 0.717) is 16.8 Å². The van der Waals surface area contributed by atoms with E-state index in [4.69, 9.17) is 4.42 Å². The molecule has 4 rings (SSSR count). The first-order chi connectivity index (χ1) is 16.1. The van der Waals surface area contributed by atoms with Crippen LogP contribution in [0.5, 0.6) is 0 Å². The summed E-state index contributed by atoms with van der Waals surface area (Å²) in [4.78, 5) is 28.1. The van der Waals surface area contributed by atoms with Gasteiger partial charge in [0.05, 0.1) is 11.7 Å². The minimum atomic E-state index is -4.54. The van der Waals surface area contributed by atoms with E-state index in [1.54, 1.807) is 19.1 Å². The molecular weight excluding hydrogens is 456 g/mol. The van der Waals surface area contributed by atoms with Crippen LogP contribution in [0.4, 0.5) is 23.5 Å². The van der Waals surface area contributed by atoms with Crippen molar-refractivity contribution in [3.63, 3.8) is 0 Å². The summed E-state index contributed by atoms with van der Waals surface area (Å²) < 4.78 is 58.4. The molecular formula is C22H18F4N6O2. The maximum atomic E-state index is 13.8. The molecule has 0 saturated heterocycles. The molecule has 34 heavy (non-hydrogen) atoms. The van der Waals surface area contributed by atoms with Gasteiger partial charge in [-0.1, -0.05) is 6.07 Å². The number of nitrogens with zero attached hydrogens (tertiary/aromatic N) is 5. The molecule has 8 nitrogen and oxygen atoms in total. The van der Waals surface area contributed by atoms with Crippen LogP contribution in [0.15, 0.2) is 64.4 Å². The van der Waals surface area contributed by atoms with Crippen LogP contribution in [0.25, 0.3) is 16.9 Å². The van der Waals surface area contributed by atoms with Gasteiger partial charge in [-0.15, -0.1) is 0 Å². The molecule has 0 spiro atoms. The third kappa shape index (κ3) is 4.80. The molecule has 1 N–H and O–H groups in total. The normalized spacial score (nSPS) is 13.5. The summed E-state index contributed by atoms with van der Waals surface area (Å²) in [5.41, 5.74) is 0.435. The van der Waals surface area contributed by atoms with Crippen LogP contribution in [0.1, 0.15) is 43.1 Å². The number of alkyl halides is 4. The Morgan fingerprint density at radius 3 is 2.47 bits per heavy atom. The van der Waals surface area contributed by atoms with Gasteiger partial charge in [0, 0.05) is 30.2 Å². The van der Waals surface area contributed by atoms with Crippen molar-refractivity contribution in [3.8, 4) is 16.9 Å². The predicted octanol–water partition coefficient (Wildman–Crippen LogP) is 4.90. The summed E-state index contributed by atoms with van der Waals surface area (Å²) in [5.74, 6) is -0.492. The minimum Gasteiger partial charge on any atom is -0.416 e. The summed E-state index contributed by atoms with van der Waals surface area (Å²) in [5, 5.41) is 3.03. The lowest BCUT2D eigenvalue weighted by Crippen LogP contribution is -2.18. The number of hydrogen-bond acceptors (Lipinski definition) is 7. The maximum absolute atomic E-state index is 13.8. The molecule has 176 valence electrons. The Morgan fingerprint density at radius 2 is 1.79 bits per heavy atom. The molecule has 0 bridgehead atoms. The van der Waals surface area contributed by atoms with E-state index in [2.05, 4.69) is 25.3 Å². The van der Waals surface area contributed by atoms with Crippen LogP contribution in [0.3, 0.4) is 0 Å². The molecule has 0 aliphatic carbocycles. The number of aromatic nitrogens is 5. The number of oxazole rings is 1. The SMILES string of the molecule is C[C@H](F)c1coc(=O)n1-c1ccnc(N[C@@H](C)c2ccc(-c3ccnc(C(F)(F)F)c3)cn2)n1. The number of rotatable bonds is 6. The fourth-order valence-corrected chi connectivity index (χ4v) is 3.23. The lowest BCUT2D eigenvalue weighted by atomic mass is 10.1. The molecule has 0 fully saturated rings. The number of pyridine rings is 2. The van der Waals surface area contributed by atoms with Crippen molar-refractivity contribution in [2.24, 2.45) is 0 Å². The average molecular weight is 474 g/mol. The molecule has 4 aromatic rings. The Labute approximate surface area is 190 Å². The van der Waals surface area contributed by atoms with Gasteiger partial charge in [0.1, 0.15) is 29.6 Å². The van der Waals surface area contributed by atoms with Gasteiger partial charge in [0.15, 0.2) is 0 Å². The highest BCUT2D eigenvalue weighted by atomic mass is 19.4. The third-order valence-electron chi connectivity index (χ3n) is 4.96. The van der Waals surface area contributed by atoms with Crippen molar-refractivity contribution in [1.29, 1.82) is 0 Å². The maximum Gasteiger partial charge on any atom is 0.433 e. The van der Waals surface area contributed by atoms with Gasteiger partial charge in [-0.2, -0.15) is 18.2 Å². The molecule has 0 amide bonds.